The first-order chi connectivity index (χ1) is 9.83. The van der Waals surface area contributed by atoms with Crippen molar-refractivity contribution in [2.24, 2.45) is 11.0 Å². The van der Waals surface area contributed by atoms with Gasteiger partial charge in [0.05, 0.1) is 18.5 Å². The van der Waals surface area contributed by atoms with Crippen molar-refractivity contribution in [1.29, 1.82) is 0 Å². The highest BCUT2D eigenvalue weighted by atomic mass is 16.2. The molecule has 0 radical (unpaired) electrons. The lowest BCUT2D eigenvalue weighted by Gasteiger charge is -2.10. The fraction of sp³-hybridized carbons (Fsp3) is 0.462. The molecule has 4 rings (SSSR count). The number of imidazole rings is 1. The van der Waals surface area contributed by atoms with Crippen LogP contribution in [0.25, 0.3) is 11.2 Å². The Morgan fingerprint density at radius 2 is 2.05 bits per heavy atom. The molecule has 0 atom stereocenters. The number of hydrogen-bond acceptors (Lipinski definition) is 5. The molecule has 7 nitrogen and oxygen atoms in total. The van der Waals surface area contributed by atoms with E-state index >= 15 is 0 Å². The van der Waals surface area contributed by atoms with E-state index in [1.54, 1.807) is 6.33 Å². The third-order valence-electron chi connectivity index (χ3n) is 4.03. The van der Waals surface area contributed by atoms with Gasteiger partial charge in [0.1, 0.15) is 11.8 Å². The summed E-state index contributed by atoms with van der Waals surface area (Å²) in [6, 6.07) is 0. The predicted molar refractivity (Wildman–Crippen MR) is 73.2 cm³/mol. The molecule has 0 spiro atoms. The summed E-state index contributed by atoms with van der Waals surface area (Å²) in [5, 5.41) is 5.91. The summed E-state index contributed by atoms with van der Waals surface area (Å²) in [4.78, 5) is 27.5. The number of aromatic nitrogens is 4. The highest BCUT2D eigenvalue weighted by Gasteiger charge is 2.33. The molecule has 2 aliphatic rings. The van der Waals surface area contributed by atoms with E-state index in [1.807, 2.05) is 0 Å². The number of fused-ring (bicyclic) bond motifs is 1. The molecule has 1 saturated carbocycles. The monoisotopic (exact) mass is 270 g/mol. The van der Waals surface area contributed by atoms with E-state index in [0.717, 1.165) is 18.6 Å². The minimum absolute atomic E-state index is 0.0264. The predicted octanol–water partition coefficient (Wildman–Crippen LogP) is 1.64. The lowest BCUT2D eigenvalue weighted by molar-refractivity contribution is -0.116. The van der Waals surface area contributed by atoms with Crippen LogP contribution in [0.4, 0.5) is 5.82 Å². The van der Waals surface area contributed by atoms with E-state index in [0.29, 0.717) is 29.3 Å². The molecule has 102 valence electrons. The van der Waals surface area contributed by atoms with Gasteiger partial charge in [-0.05, 0) is 18.8 Å². The standard InChI is InChI=1S/C13H14N6O/c20-10-5-9(8-3-1-2-4-8)18-19(10)13-11-12(15-6-14-11)16-7-17-13/h6-8H,1-5H2,(H,14,15,16,17). The second-order valence-electron chi connectivity index (χ2n) is 5.25. The maximum Gasteiger partial charge on any atom is 0.254 e. The second-order valence-corrected chi connectivity index (χ2v) is 5.25. The summed E-state index contributed by atoms with van der Waals surface area (Å²) in [7, 11) is 0. The van der Waals surface area contributed by atoms with Gasteiger partial charge in [0.2, 0.25) is 0 Å². The Morgan fingerprint density at radius 1 is 1.20 bits per heavy atom. The lowest BCUT2D eigenvalue weighted by Crippen LogP contribution is -2.21. The van der Waals surface area contributed by atoms with E-state index in [1.165, 1.54) is 24.2 Å². The summed E-state index contributed by atoms with van der Waals surface area (Å²) in [5.74, 6) is 0.926. The number of nitrogens with zero attached hydrogens (tertiary/aromatic N) is 5. The van der Waals surface area contributed by atoms with Crippen molar-refractivity contribution in [2.45, 2.75) is 32.1 Å². The quantitative estimate of drug-likeness (QED) is 0.898. The van der Waals surface area contributed by atoms with Gasteiger partial charge in [-0.2, -0.15) is 10.1 Å². The van der Waals surface area contributed by atoms with Gasteiger partial charge >= 0.3 is 0 Å². The molecule has 0 unspecified atom stereocenters. The largest absolute Gasteiger partial charge is 0.340 e. The molecular formula is C13H14N6O. The number of carbonyl (C=O) groups is 1. The Kier molecular flexibility index (Phi) is 2.51. The molecule has 3 heterocycles. The van der Waals surface area contributed by atoms with Gasteiger partial charge in [-0.25, -0.2) is 15.0 Å². The second kappa shape index (κ2) is 4.36. The summed E-state index contributed by atoms with van der Waals surface area (Å²) >= 11 is 0. The molecule has 1 aliphatic heterocycles. The van der Waals surface area contributed by atoms with Crippen molar-refractivity contribution >= 4 is 28.6 Å². The van der Waals surface area contributed by atoms with Crippen LogP contribution >= 0.6 is 0 Å². The van der Waals surface area contributed by atoms with Gasteiger partial charge in [0.15, 0.2) is 11.5 Å². The summed E-state index contributed by atoms with van der Waals surface area (Å²) in [6.07, 6.45) is 8.11. The SMILES string of the molecule is O=C1CC(C2CCCC2)=NN1c1ncnc2nc[nH]c12. The Morgan fingerprint density at radius 3 is 2.90 bits per heavy atom. The Balaban J connectivity index is 1.74. The zero-order valence-electron chi connectivity index (χ0n) is 10.9. The zero-order chi connectivity index (χ0) is 13.5. The molecule has 1 N–H and O–H groups in total. The number of carbonyl (C=O) groups excluding carboxylic acids is 1. The number of amides is 1. The Hall–Kier alpha value is -2.31. The maximum atomic E-state index is 12.2. The van der Waals surface area contributed by atoms with Crippen LogP contribution < -0.4 is 5.01 Å². The van der Waals surface area contributed by atoms with Gasteiger partial charge in [-0.15, -0.1) is 0 Å². The topological polar surface area (TPSA) is 87.1 Å². The molecule has 0 bridgehead atoms. The van der Waals surface area contributed by atoms with Crippen LogP contribution in [0, 0.1) is 5.92 Å². The third kappa shape index (κ3) is 1.70. The molecule has 1 aliphatic carbocycles. The van der Waals surface area contributed by atoms with Crippen LogP contribution in [0.2, 0.25) is 0 Å². The van der Waals surface area contributed by atoms with Gasteiger partial charge in [0, 0.05) is 0 Å². The van der Waals surface area contributed by atoms with Gasteiger partial charge in [-0.1, -0.05) is 12.8 Å². The Labute approximate surface area is 115 Å². The molecule has 0 saturated heterocycles. The molecule has 7 heteroatoms. The molecule has 2 aromatic heterocycles. The van der Waals surface area contributed by atoms with E-state index in [-0.39, 0.29) is 5.91 Å². The number of rotatable bonds is 2. The lowest BCUT2D eigenvalue weighted by atomic mass is 10.00. The number of aromatic amines is 1. The number of anilines is 1. The average Bonchev–Trinajstić information content (AvgIpc) is 3.18. The minimum Gasteiger partial charge on any atom is -0.340 e. The number of nitrogens with one attached hydrogen (secondary N) is 1. The van der Waals surface area contributed by atoms with E-state index in [2.05, 4.69) is 25.0 Å². The summed E-state index contributed by atoms with van der Waals surface area (Å²) < 4.78 is 0. The van der Waals surface area contributed by atoms with Crippen molar-refractivity contribution in [3.05, 3.63) is 12.7 Å². The smallest absolute Gasteiger partial charge is 0.254 e. The first kappa shape index (κ1) is 11.5. The van der Waals surface area contributed by atoms with E-state index < -0.39 is 0 Å². The molecule has 20 heavy (non-hydrogen) atoms. The van der Waals surface area contributed by atoms with Crippen molar-refractivity contribution in [2.75, 3.05) is 5.01 Å². The maximum absolute atomic E-state index is 12.2. The normalized spacial score (nSPS) is 20.1. The average molecular weight is 270 g/mol. The van der Waals surface area contributed by atoms with Crippen molar-refractivity contribution < 1.29 is 4.79 Å². The Bertz CT molecular complexity index is 700. The summed E-state index contributed by atoms with van der Waals surface area (Å²) in [5.41, 5.74) is 2.20. The number of H-pyrrole nitrogens is 1. The van der Waals surface area contributed by atoms with Crippen molar-refractivity contribution in [3.8, 4) is 0 Å². The highest BCUT2D eigenvalue weighted by Crippen LogP contribution is 2.32. The molecule has 0 aromatic carbocycles. The zero-order valence-corrected chi connectivity index (χ0v) is 10.9. The fourth-order valence-electron chi connectivity index (χ4n) is 3.01. The summed E-state index contributed by atoms with van der Waals surface area (Å²) in [6.45, 7) is 0. The third-order valence-corrected chi connectivity index (χ3v) is 4.03. The fourth-order valence-corrected chi connectivity index (χ4v) is 3.01. The minimum atomic E-state index is -0.0264. The van der Waals surface area contributed by atoms with Gasteiger partial charge in [0.25, 0.3) is 5.91 Å². The van der Waals surface area contributed by atoms with Gasteiger partial charge < -0.3 is 4.98 Å². The molecule has 1 fully saturated rings. The van der Waals surface area contributed by atoms with Gasteiger partial charge in [-0.3, -0.25) is 4.79 Å². The van der Waals surface area contributed by atoms with Crippen LogP contribution in [0.15, 0.2) is 17.8 Å². The molecule has 1 amide bonds. The molecule has 2 aromatic rings. The van der Waals surface area contributed by atoms with Crippen LogP contribution in [0.3, 0.4) is 0 Å². The number of hydrogen-bond donors (Lipinski definition) is 1. The van der Waals surface area contributed by atoms with Crippen molar-refractivity contribution in [1.82, 2.24) is 19.9 Å². The highest BCUT2D eigenvalue weighted by molar-refractivity contribution is 6.15. The van der Waals surface area contributed by atoms with Crippen LogP contribution in [0.5, 0.6) is 0 Å². The van der Waals surface area contributed by atoms with Crippen molar-refractivity contribution in [3.63, 3.8) is 0 Å². The first-order valence-electron chi connectivity index (χ1n) is 6.87. The number of hydrazone groups is 1. The van der Waals surface area contributed by atoms with Crippen LogP contribution in [-0.2, 0) is 4.79 Å². The first-order valence-corrected chi connectivity index (χ1v) is 6.87. The van der Waals surface area contributed by atoms with Crippen LogP contribution in [0.1, 0.15) is 32.1 Å². The van der Waals surface area contributed by atoms with Crippen LogP contribution in [-0.4, -0.2) is 31.6 Å². The van der Waals surface area contributed by atoms with E-state index in [4.69, 9.17) is 0 Å². The van der Waals surface area contributed by atoms with E-state index in [9.17, 15) is 4.79 Å². The molecular weight excluding hydrogens is 256 g/mol.